The minimum atomic E-state index is -0.536. The number of hydrogen-bond acceptors (Lipinski definition) is 4. The summed E-state index contributed by atoms with van der Waals surface area (Å²) in [5, 5.41) is 1.40. The van der Waals surface area contributed by atoms with E-state index < -0.39 is 11.7 Å². The van der Waals surface area contributed by atoms with Crippen molar-refractivity contribution in [2.75, 3.05) is 12.1 Å². The van der Waals surface area contributed by atoms with Crippen LogP contribution in [0.15, 0.2) is 30.7 Å². The van der Waals surface area contributed by atoms with Crippen molar-refractivity contribution in [1.29, 1.82) is 0 Å². The molecule has 2 heterocycles. The summed E-state index contributed by atoms with van der Waals surface area (Å²) in [6.07, 6.45) is 4.80. The minimum Gasteiger partial charge on any atom is -0.442 e. The predicted octanol–water partition coefficient (Wildman–Crippen LogP) is 2.76. The molecule has 112 valence electrons. The van der Waals surface area contributed by atoms with Gasteiger partial charge in [0.25, 0.3) is 0 Å². The molecule has 6 heteroatoms. The zero-order chi connectivity index (χ0) is 15.6. The summed E-state index contributed by atoms with van der Waals surface area (Å²) >= 11 is 0. The fraction of sp³-hybridized carbons (Fsp3) is 0.400. The van der Waals surface area contributed by atoms with Gasteiger partial charge in [-0.05, 0) is 39.8 Å². The molecule has 0 aliphatic heterocycles. The number of imidazole rings is 1. The number of hydrogen-bond donors (Lipinski definition) is 0. The number of rotatable bonds is 2. The highest BCUT2D eigenvalue weighted by Gasteiger charge is 2.22. The number of aromatic nitrogens is 3. The van der Waals surface area contributed by atoms with Crippen LogP contribution < -0.4 is 5.01 Å². The first-order chi connectivity index (χ1) is 9.78. The van der Waals surface area contributed by atoms with Crippen molar-refractivity contribution in [3.63, 3.8) is 0 Å². The summed E-state index contributed by atoms with van der Waals surface area (Å²) in [5.41, 5.74) is 1.12. The Morgan fingerprint density at radius 2 is 2.10 bits per heavy atom. The number of nitrogens with zero attached hydrogens (tertiary/aromatic N) is 4. The normalized spacial score (nSPS) is 11.3. The van der Waals surface area contributed by atoms with Crippen LogP contribution in [0.25, 0.3) is 11.3 Å². The fourth-order valence-corrected chi connectivity index (χ4v) is 1.84. The van der Waals surface area contributed by atoms with Crippen LogP contribution in [0.5, 0.6) is 0 Å². The smallest absolute Gasteiger partial charge is 0.429 e. The number of amides is 1. The Balaban J connectivity index is 2.25. The van der Waals surface area contributed by atoms with Gasteiger partial charge in [0.05, 0.1) is 11.9 Å². The summed E-state index contributed by atoms with van der Waals surface area (Å²) < 4.78 is 7.01. The second kappa shape index (κ2) is 5.55. The lowest BCUT2D eigenvalue weighted by molar-refractivity contribution is 0.0549. The minimum absolute atomic E-state index is 0.430. The summed E-state index contributed by atoms with van der Waals surface area (Å²) in [4.78, 5) is 20.6. The van der Waals surface area contributed by atoms with Crippen LogP contribution in [-0.4, -0.2) is 33.4 Å². The van der Waals surface area contributed by atoms with E-state index in [0.717, 1.165) is 11.3 Å². The highest BCUT2D eigenvalue weighted by atomic mass is 16.6. The lowest BCUT2D eigenvalue weighted by Crippen LogP contribution is -2.41. The molecule has 1 amide bonds. The summed E-state index contributed by atoms with van der Waals surface area (Å²) in [7, 11) is 1.65. The molecule has 0 saturated heterocycles. The number of carbonyl (C=O) groups is 1. The van der Waals surface area contributed by atoms with Crippen LogP contribution in [0, 0.1) is 6.92 Å². The van der Waals surface area contributed by atoms with Crippen LogP contribution in [0.1, 0.15) is 26.6 Å². The van der Waals surface area contributed by atoms with Gasteiger partial charge in [0.2, 0.25) is 0 Å². The van der Waals surface area contributed by atoms with Crippen LogP contribution in [0.3, 0.4) is 0 Å². The Bertz CT molecular complexity index is 629. The molecule has 0 radical (unpaired) electrons. The molecule has 6 nitrogen and oxygen atoms in total. The Morgan fingerprint density at radius 1 is 1.38 bits per heavy atom. The largest absolute Gasteiger partial charge is 0.442 e. The van der Waals surface area contributed by atoms with Gasteiger partial charge in [-0.2, -0.15) is 0 Å². The monoisotopic (exact) mass is 288 g/mol. The Labute approximate surface area is 124 Å². The van der Waals surface area contributed by atoms with E-state index in [-0.39, 0.29) is 0 Å². The molecule has 21 heavy (non-hydrogen) atoms. The number of aryl methyl sites for hydroxylation is 1. The van der Waals surface area contributed by atoms with Crippen molar-refractivity contribution in [2.45, 2.75) is 33.3 Å². The predicted molar refractivity (Wildman–Crippen MR) is 80.6 cm³/mol. The first-order valence-electron chi connectivity index (χ1n) is 6.71. The Morgan fingerprint density at radius 3 is 2.67 bits per heavy atom. The lowest BCUT2D eigenvalue weighted by Gasteiger charge is -2.25. The molecular formula is C15H20N4O2. The van der Waals surface area contributed by atoms with E-state index in [9.17, 15) is 4.79 Å². The quantitative estimate of drug-likeness (QED) is 0.852. The van der Waals surface area contributed by atoms with E-state index in [1.54, 1.807) is 30.3 Å². The molecule has 2 rings (SSSR count). The van der Waals surface area contributed by atoms with Crippen molar-refractivity contribution in [2.24, 2.45) is 0 Å². The van der Waals surface area contributed by atoms with Crippen LogP contribution in [-0.2, 0) is 4.74 Å². The highest BCUT2D eigenvalue weighted by molar-refractivity contribution is 5.78. The van der Waals surface area contributed by atoms with Gasteiger partial charge in [0.1, 0.15) is 11.4 Å². The maximum atomic E-state index is 12.1. The standard InChI is InChI=1S/C15H20N4O2/c1-11-17-13(12-7-6-8-16-9-12)10-19(11)18(5)14(20)21-15(2,3)4/h6-10H,1-5H3. The topological polar surface area (TPSA) is 60.2 Å². The first kappa shape index (κ1) is 15.0. The van der Waals surface area contributed by atoms with E-state index in [1.807, 2.05) is 39.8 Å². The average Bonchev–Trinajstić information content (AvgIpc) is 2.79. The SMILES string of the molecule is Cc1nc(-c2cccnc2)cn1N(C)C(=O)OC(C)(C)C. The van der Waals surface area contributed by atoms with Crippen molar-refractivity contribution >= 4 is 6.09 Å². The van der Waals surface area contributed by atoms with Crippen molar-refractivity contribution in [3.8, 4) is 11.3 Å². The van der Waals surface area contributed by atoms with E-state index in [2.05, 4.69) is 9.97 Å². The third-order valence-electron chi connectivity index (χ3n) is 2.80. The second-order valence-corrected chi connectivity index (χ2v) is 5.76. The first-order valence-corrected chi connectivity index (χ1v) is 6.71. The third kappa shape index (κ3) is 3.59. The van der Waals surface area contributed by atoms with Gasteiger partial charge in [0.15, 0.2) is 0 Å². The van der Waals surface area contributed by atoms with E-state index in [1.165, 1.54) is 5.01 Å². The summed E-state index contributed by atoms with van der Waals surface area (Å²) in [6.45, 7) is 7.34. The molecule has 2 aromatic heterocycles. The van der Waals surface area contributed by atoms with Gasteiger partial charge in [0, 0.05) is 25.0 Å². The molecule has 0 bridgehead atoms. The van der Waals surface area contributed by atoms with Crippen LogP contribution in [0.4, 0.5) is 4.79 Å². The van der Waals surface area contributed by atoms with Gasteiger partial charge in [-0.1, -0.05) is 0 Å². The molecule has 0 fully saturated rings. The van der Waals surface area contributed by atoms with E-state index >= 15 is 0 Å². The van der Waals surface area contributed by atoms with E-state index in [0.29, 0.717) is 5.82 Å². The van der Waals surface area contributed by atoms with Crippen molar-refractivity contribution in [3.05, 3.63) is 36.5 Å². The molecule has 0 aliphatic rings. The second-order valence-electron chi connectivity index (χ2n) is 5.76. The molecule has 0 spiro atoms. The molecule has 0 aliphatic carbocycles. The van der Waals surface area contributed by atoms with Gasteiger partial charge < -0.3 is 4.74 Å². The zero-order valence-electron chi connectivity index (χ0n) is 13.0. The third-order valence-corrected chi connectivity index (χ3v) is 2.80. The van der Waals surface area contributed by atoms with Gasteiger partial charge in [-0.15, -0.1) is 0 Å². The molecule has 0 N–H and O–H groups in total. The highest BCUT2D eigenvalue weighted by Crippen LogP contribution is 2.18. The van der Waals surface area contributed by atoms with Crippen molar-refractivity contribution < 1.29 is 9.53 Å². The molecule has 0 atom stereocenters. The number of ether oxygens (including phenoxy) is 1. The maximum Gasteiger partial charge on any atom is 0.429 e. The van der Waals surface area contributed by atoms with Gasteiger partial charge >= 0.3 is 6.09 Å². The number of carbonyl (C=O) groups excluding carboxylic acids is 1. The molecule has 0 saturated carbocycles. The Hall–Kier alpha value is -2.37. The fourth-order valence-electron chi connectivity index (χ4n) is 1.84. The summed E-state index contributed by atoms with van der Waals surface area (Å²) in [5.74, 6) is 0.696. The average molecular weight is 288 g/mol. The maximum absolute atomic E-state index is 12.1. The van der Waals surface area contributed by atoms with E-state index in [4.69, 9.17) is 4.74 Å². The lowest BCUT2D eigenvalue weighted by atomic mass is 10.2. The van der Waals surface area contributed by atoms with Crippen molar-refractivity contribution in [1.82, 2.24) is 14.6 Å². The zero-order valence-corrected chi connectivity index (χ0v) is 13.0. The molecule has 0 aromatic carbocycles. The molecule has 0 unspecified atom stereocenters. The summed E-state index contributed by atoms with van der Waals surface area (Å²) in [6, 6.07) is 3.77. The van der Waals surface area contributed by atoms with Crippen LogP contribution in [0.2, 0.25) is 0 Å². The van der Waals surface area contributed by atoms with Gasteiger partial charge in [-0.3, -0.25) is 4.98 Å². The van der Waals surface area contributed by atoms with Gasteiger partial charge in [-0.25, -0.2) is 19.5 Å². The molecule has 2 aromatic rings. The Kier molecular flexibility index (Phi) is 3.97. The number of pyridine rings is 1. The van der Waals surface area contributed by atoms with Crippen LogP contribution >= 0.6 is 0 Å². The molecular weight excluding hydrogens is 268 g/mol.